The van der Waals surface area contributed by atoms with E-state index in [0.29, 0.717) is 26.1 Å². The molecule has 3 amide bonds. The molecule has 1 unspecified atom stereocenters. The molecule has 4 N–H and O–H groups in total. The minimum atomic E-state index is -0.621. The number of phenols is 1. The van der Waals surface area contributed by atoms with Gasteiger partial charge in [0.15, 0.2) is 0 Å². The molecule has 49 heavy (non-hydrogen) atoms. The van der Waals surface area contributed by atoms with Gasteiger partial charge in [0, 0.05) is 45.1 Å². The molecule has 4 aromatic rings. The lowest BCUT2D eigenvalue weighted by Gasteiger charge is -2.50. The number of nitrogens with two attached hydrogens (primary N) is 1. The van der Waals surface area contributed by atoms with E-state index < -0.39 is 12.2 Å². The Morgan fingerprint density at radius 2 is 1.63 bits per heavy atom. The molecule has 1 aliphatic rings. The molecule has 11 heteroatoms. The lowest BCUT2D eigenvalue weighted by atomic mass is 9.99. The number of phenolic OH excluding ortho intramolecular Hbond substituents is 1. The number of hydrogen-bond acceptors (Lipinski definition) is 8. The number of carbonyl (C=O) groups is 3. The maximum atomic E-state index is 14.3. The third kappa shape index (κ3) is 8.75. The van der Waals surface area contributed by atoms with Gasteiger partial charge < -0.3 is 30.8 Å². The quantitative estimate of drug-likeness (QED) is 0.111. The Hall–Kier alpha value is -5.39. The molecule has 0 saturated carbocycles. The number of nitrogens with zero attached hydrogens (tertiary/aromatic N) is 5. The van der Waals surface area contributed by atoms with Crippen LogP contribution in [-0.2, 0) is 35.6 Å². The number of carbonyl (C=O) groups excluding carboxylic acids is 3. The second-order valence-electron chi connectivity index (χ2n) is 12.5. The fourth-order valence-electron chi connectivity index (χ4n) is 6.19. The molecule has 0 bridgehead atoms. The zero-order valence-corrected chi connectivity index (χ0v) is 28.3. The van der Waals surface area contributed by atoms with E-state index in [1.807, 2.05) is 91.8 Å². The third-order valence-electron chi connectivity index (χ3n) is 8.98. The summed E-state index contributed by atoms with van der Waals surface area (Å²) in [5, 5.41) is 16.0. The number of likely N-dealkylation sites (N-methyl/N-ethyl adjacent to an activating group) is 2. The van der Waals surface area contributed by atoms with Crippen molar-refractivity contribution >= 4 is 29.6 Å². The van der Waals surface area contributed by atoms with Crippen LogP contribution < -0.4 is 16.0 Å². The molecule has 0 spiro atoms. The predicted molar refractivity (Wildman–Crippen MR) is 191 cm³/mol. The summed E-state index contributed by atoms with van der Waals surface area (Å²) in [5.41, 5.74) is 11.7. The van der Waals surface area contributed by atoms with Gasteiger partial charge in [-0.1, -0.05) is 72.8 Å². The molecular weight excluding hydrogens is 618 g/mol. The van der Waals surface area contributed by atoms with Crippen LogP contribution in [0, 0.1) is 0 Å². The van der Waals surface area contributed by atoms with E-state index in [-0.39, 0.29) is 30.8 Å². The standard InChI is InChI=1S/C38H45N7O4/c1-41(26-31-13-7-8-15-34(31)39)32-14-9-12-30(22-32)25-44-27-36(43(3)35(37(44)48)23-28-16-18-33(47)19-17-28)45(42(2)20-21-46)38(49)40-24-29-10-5-4-6-11-29/h4-19,21-22,35-36,47H,20,23-27,39H2,1-3H3,(H,40,49)/t35-,36?/m0/s1. The molecule has 0 aromatic heterocycles. The fourth-order valence-corrected chi connectivity index (χ4v) is 6.19. The zero-order chi connectivity index (χ0) is 34.9. The van der Waals surface area contributed by atoms with Crippen molar-refractivity contribution in [3.8, 4) is 5.75 Å². The summed E-state index contributed by atoms with van der Waals surface area (Å²) in [7, 11) is 5.53. The first-order chi connectivity index (χ1) is 23.6. The molecular formula is C38H45N7O4. The first-order valence-electron chi connectivity index (χ1n) is 16.3. The van der Waals surface area contributed by atoms with Gasteiger partial charge in [0.05, 0.1) is 19.1 Å². The van der Waals surface area contributed by atoms with Crippen LogP contribution in [0.1, 0.15) is 22.3 Å². The summed E-state index contributed by atoms with van der Waals surface area (Å²) in [5.74, 6) is 0.0634. The lowest BCUT2D eigenvalue weighted by molar-refractivity contribution is -0.158. The Morgan fingerprint density at radius 3 is 2.35 bits per heavy atom. The highest BCUT2D eigenvalue weighted by molar-refractivity contribution is 5.84. The van der Waals surface area contributed by atoms with Crippen molar-refractivity contribution < 1.29 is 19.5 Å². The van der Waals surface area contributed by atoms with Gasteiger partial charge in [0.25, 0.3) is 0 Å². The Labute approximate surface area is 288 Å². The number of urea groups is 1. The van der Waals surface area contributed by atoms with Gasteiger partial charge >= 0.3 is 6.03 Å². The van der Waals surface area contributed by atoms with Crippen molar-refractivity contribution in [2.45, 2.75) is 38.3 Å². The maximum Gasteiger partial charge on any atom is 0.333 e. The highest BCUT2D eigenvalue weighted by Gasteiger charge is 2.43. The van der Waals surface area contributed by atoms with Gasteiger partial charge in [-0.15, -0.1) is 0 Å². The molecule has 1 aliphatic heterocycles. The summed E-state index contributed by atoms with van der Waals surface area (Å²) >= 11 is 0. The third-order valence-corrected chi connectivity index (χ3v) is 8.98. The number of para-hydroxylation sites is 1. The molecule has 0 radical (unpaired) electrons. The number of benzene rings is 4. The Morgan fingerprint density at radius 1 is 0.939 bits per heavy atom. The van der Waals surface area contributed by atoms with Crippen molar-refractivity contribution in [3.63, 3.8) is 0 Å². The van der Waals surface area contributed by atoms with Crippen molar-refractivity contribution in [2.24, 2.45) is 0 Å². The Kier molecular flexibility index (Phi) is 11.5. The van der Waals surface area contributed by atoms with Gasteiger partial charge in [0.2, 0.25) is 5.91 Å². The highest BCUT2D eigenvalue weighted by Crippen LogP contribution is 2.27. The molecule has 256 valence electrons. The first-order valence-corrected chi connectivity index (χ1v) is 16.3. The number of hydrogen-bond donors (Lipinski definition) is 3. The number of rotatable bonds is 13. The number of hydrazine groups is 1. The number of nitrogen functional groups attached to an aromatic ring is 1. The topological polar surface area (TPSA) is 126 Å². The summed E-state index contributed by atoms with van der Waals surface area (Å²) in [6.07, 6.45) is 0.524. The SMILES string of the molecule is CN(Cc1ccccc1N)c1cccc(CN2CC(N(C(=O)NCc3ccccc3)N(C)CC=O)N(C)[C@@H](Cc3ccc(O)cc3)C2=O)c1. The number of nitrogens with one attached hydrogen (secondary N) is 1. The highest BCUT2D eigenvalue weighted by atomic mass is 16.3. The van der Waals surface area contributed by atoms with Crippen molar-refractivity contribution in [1.82, 2.24) is 25.1 Å². The Bertz CT molecular complexity index is 1720. The molecule has 4 aromatic carbocycles. The number of amides is 3. The van der Waals surface area contributed by atoms with Crippen LogP contribution in [0.15, 0.2) is 103 Å². The van der Waals surface area contributed by atoms with Crippen LogP contribution in [-0.4, -0.2) is 89.6 Å². The van der Waals surface area contributed by atoms with Crippen LogP contribution in [0.2, 0.25) is 0 Å². The molecule has 2 atom stereocenters. The molecule has 1 fully saturated rings. The van der Waals surface area contributed by atoms with E-state index in [1.54, 1.807) is 41.2 Å². The largest absolute Gasteiger partial charge is 0.508 e. The normalized spacial score (nSPS) is 16.4. The predicted octanol–water partition coefficient (Wildman–Crippen LogP) is 4.08. The minimum Gasteiger partial charge on any atom is -0.508 e. The van der Waals surface area contributed by atoms with Crippen LogP contribution in [0.4, 0.5) is 16.2 Å². The zero-order valence-electron chi connectivity index (χ0n) is 28.3. The van der Waals surface area contributed by atoms with Gasteiger partial charge in [0.1, 0.15) is 18.2 Å². The van der Waals surface area contributed by atoms with E-state index in [9.17, 15) is 19.5 Å². The van der Waals surface area contributed by atoms with Gasteiger partial charge in [-0.25, -0.2) is 14.8 Å². The molecule has 5 rings (SSSR count). The molecule has 11 nitrogen and oxygen atoms in total. The monoisotopic (exact) mass is 663 g/mol. The van der Waals surface area contributed by atoms with Crippen LogP contribution in [0.5, 0.6) is 5.75 Å². The van der Waals surface area contributed by atoms with Gasteiger partial charge in [-0.05, 0) is 66.1 Å². The number of aromatic hydroxyl groups is 1. The fraction of sp³-hybridized carbons (Fsp3) is 0.289. The number of aldehydes is 1. The molecule has 0 aliphatic carbocycles. The van der Waals surface area contributed by atoms with Crippen molar-refractivity contribution in [3.05, 3.63) is 125 Å². The summed E-state index contributed by atoms with van der Waals surface area (Å²) < 4.78 is 0. The van der Waals surface area contributed by atoms with E-state index in [0.717, 1.165) is 39.9 Å². The second kappa shape index (κ2) is 16.1. The van der Waals surface area contributed by atoms with E-state index in [1.165, 1.54) is 5.01 Å². The van der Waals surface area contributed by atoms with Crippen LogP contribution in [0.25, 0.3) is 0 Å². The average Bonchev–Trinajstić information content (AvgIpc) is 3.10. The first kappa shape index (κ1) is 34.9. The smallest absolute Gasteiger partial charge is 0.333 e. The van der Waals surface area contributed by atoms with Crippen LogP contribution in [0.3, 0.4) is 0 Å². The molecule has 1 heterocycles. The Balaban J connectivity index is 1.43. The van der Waals surface area contributed by atoms with Gasteiger partial charge in [-0.3, -0.25) is 9.69 Å². The second-order valence-corrected chi connectivity index (χ2v) is 12.5. The van der Waals surface area contributed by atoms with Crippen molar-refractivity contribution in [2.75, 3.05) is 44.9 Å². The van der Waals surface area contributed by atoms with E-state index in [4.69, 9.17) is 5.73 Å². The van der Waals surface area contributed by atoms with Gasteiger partial charge in [-0.2, -0.15) is 0 Å². The summed E-state index contributed by atoms with van der Waals surface area (Å²) in [4.78, 5) is 45.7. The molecule has 1 saturated heterocycles. The van der Waals surface area contributed by atoms with E-state index >= 15 is 0 Å². The number of piperazine rings is 1. The summed E-state index contributed by atoms with van der Waals surface area (Å²) in [6, 6.07) is 31.2. The average molecular weight is 664 g/mol. The maximum absolute atomic E-state index is 14.3. The number of anilines is 2. The van der Waals surface area contributed by atoms with Crippen molar-refractivity contribution in [1.29, 1.82) is 0 Å². The van der Waals surface area contributed by atoms with Crippen LogP contribution >= 0.6 is 0 Å². The summed E-state index contributed by atoms with van der Waals surface area (Å²) in [6.45, 7) is 1.44. The lowest BCUT2D eigenvalue weighted by Crippen LogP contribution is -2.69. The van der Waals surface area contributed by atoms with E-state index in [2.05, 4.69) is 16.3 Å². The minimum absolute atomic E-state index is 0.0139.